The largest absolute Gasteiger partial charge is 0.316 e. The van der Waals surface area contributed by atoms with E-state index in [4.69, 9.17) is 0 Å². The first-order chi connectivity index (χ1) is 9.20. The first-order valence-corrected chi connectivity index (χ1v) is 7.98. The van der Waals surface area contributed by atoms with Gasteiger partial charge in [-0.25, -0.2) is 0 Å². The highest BCUT2D eigenvalue weighted by Gasteiger charge is 2.29. The average Bonchev–Trinajstić information content (AvgIpc) is 2.40. The van der Waals surface area contributed by atoms with Crippen LogP contribution in [0.15, 0.2) is 24.3 Å². The zero-order valence-electron chi connectivity index (χ0n) is 12.8. The quantitative estimate of drug-likeness (QED) is 0.767. The zero-order valence-corrected chi connectivity index (χ0v) is 12.8. The topological polar surface area (TPSA) is 12.0 Å². The molecule has 3 unspecified atom stereocenters. The standard InChI is InChI=1S/C18H29N/c1-4-10-19-13-17-9-8-15(3)12-18(17)16-7-5-6-14(2)11-16/h5-7,11,15,17-19H,4,8-10,12-13H2,1-3H3. The summed E-state index contributed by atoms with van der Waals surface area (Å²) in [6.07, 6.45) is 5.39. The Morgan fingerprint density at radius 1 is 1.26 bits per heavy atom. The Labute approximate surface area is 118 Å². The van der Waals surface area contributed by atoms with Crippen molar-refractivity contribution in [1.82, 2.24) is 5.32 Å². The van der Waals surface area contributed by atoms with E-state index in [1.54, 1.807) is 5.56 Å². The van der Waals surface area contributed by atoms with E-state index in [1.807, 2.05) is 0 Å². The van der Waals surface area contributed by atoms with Crippen LogP contribution in [0.25, 0.3) is 0 Å². The van der Waals surface area contributed by atoms with Gasteiger partial charge in [-0.15, -0.1) is 0 Å². The van der Waals surface area contributed by atoms with E-state index >= 15 is 0 Å². The van der Waals surface area contributed by atoms with Crippen LogP contribution >= 0.6 is 0 Å². The molecule has 19 heavy (non-hydrogen) atoms. The van der Waals surface area contributed by atoms with E-state index < -0.39 is 0 Å². The first-order valence-electron chi connectivity index (χ1n) is 7.98. The van der Waals surface area contributed by atoms with Crippen LogP contribution in [-0.4, -0.2) is 13.1 Å². The summed E-state index contributed by atoms with van der Waals surface area (Å²) in [5.74, 6) is 2.46. The minimum absolute atomic E-state index is 0.757. The van der Waals surface area contributed by atoms with Gasteiger partial charge in [0.15, 0.2) is 0 Å². The highest BCUT2D eigenvalue weighted by atomic mass is 14.9. The molecule has 1 aromatic carbocycles. The number of nitrogens with one attached hydrogen (secondary N) is 1. The van der Waals surface area contributed by atoms with Crippen LogP contribution in [-0.2, 0) is 0 Å². The van der Waals surface area contributed by atoms with Crippen LogP contribution in [0.1, 0.15) is 56.6 Å². The lowest BCUT2D eigenvalue weighted by molar-refractivity contribution is 0.242. The summed E-state index contributed by atoms with van der Waals surface area (Å²) in [4.78, 5) is 0. The van der Waals surface area contributed by atoms with Crippen molar-refractivity contribution in [3.05, 3.63) is 35.4 Å². The fourth-order valence-electron chi connectivity index (χ4n) is 3.46. The van der Waals surface area contributed by atoms with Gasteiger partial charge in [-0.3, -0.25) is 0 Å². The molecule has 1 aromatic rings. The maximum Gasteiger partial charge on any atom is -0.00147 e. The molecule has 0 spiro atoms. The van der Waals surface area contributed by atoms with Crippen LogP contribution in [0, 0.1) is 18.8 Å². The Morgan fingerprint density at radius 2 is 2.11 bits per heavy atom. The van der Waals surface area contributed by atoms with Crippen molar-refractivity contribution in [2.45, 2.75) is 52.4 Å². The molecule has 0 aliphatic heterocycles. The molecule has 1 aliphatic carbocycles. The van der Waals surface area contributed by atoms with Gasteiger partial charge in [0.1, 0.15) is 0 Å². The van der Waals surface area contributed by atoms with Gasteiger partial charge in [0, 0.05) is 0 Å². The number of hydrogen-bond donors (Lipinski definition) is 1. The Hall–Kier alpha value is -0.820. The van der Waals surface area contributed by atoms with Crippen molar-refractivity contribution >= 4 is 0 Å². The van der Waals surface area contributed by atoms with Crippen molar-refractivity contribution in [3.8, 4) is 0 Å². The Kier molecular flexibility index (Phi) is 5.45. The van der Waals surface area contributed by atoms with Crippen LogP contribution in [0.2, 0.25) is 0 Å². The molecule has 0 amide bonds. The predicted octanol–water partition coefficient (Wildman–Crippen LogP) is 4.51. The SMILES string of the molecule is CCCNCC1CCC(C)CC1c1cccc(C)c1. The summed E-state index contributed by atoms with van der Waals surface area (Å²) in [5.41, 5.74) is 2.96. The molecule has 1 N–H and O–H groups in total. The van der Waals surface area contributed by atoms with Gasteiger partial charge in [-0.1, -0.05) is 50.1 Å². The second kappa shape index (κ2) is 7.09. The molecule has 0 radical (unpaired) electrons. The van der Waals surface area contributed by atoms with Crippen LogP contribution < -0.4 is 5.32 Å². The summed E-state index contributed by atoms with van der Waals surface area (Å²) in [5, 5.41) is 3.63. The number of aryl methyl sites for hydroxylation is 1. The second-order valence-electron chi connectivity index (χ2n) is 6.40. The molecule has 1 fully saturated rings. The van der Waals surface area contributed by atoms with Crippen LogP contribution in [0.3, 0.4) is 0 Å². The van der Waals surface area contributed by atoms with Crippen LogP contribution in [0.5, 0.6) is 0 Å². The molecule has 3 atom stereocenters. The van der Waals surface area contributed by atoms with E-state index in [2.05, 4.69) is 50.4 Å². The van der Waals surface area contributed by atoms with Crippen molar-refractivity contribution in [3.63, 3.8) is 0 Å². The second-order valence-corrected chi connectivity index (χ2v) is 6.40. The van der Waals surface area contributed by atoms with Crippen molar-refractivity contribution in [2.24, 2.45) is 11.8 Å². The molecule has 0 aromatic heterocycles. The third-order valence-electron chi connectivity index (χ3n) is 4.56. The average molecular weight is 259 g/mol. The van der Waals surface area contributed by atoms with E-state index in [-0.39, 0.29) is 0 Å². The molecule has 0 bridgehead atoms. The number of hydrogen-bond acceptors (Lipinski definition) is 1. The fourth-order valence-corrected chi connectivity index (χ4v) is 3.46. The zero-order chi connectivity index (χ0) is 13.7. The Morgan fingerprint density at radius 3 is 2.84 bits per heavy atom. The van der Waals surface area contributed by atoms with Crippen LogP contribution in [0.4, 0.5) is 0 Å². The van der Waals surface area contributed by atoms with Gasteiger partial charge in [0.25, 0.3) is 0 Å². The Bertz CT molecular complexity index is 385. The van der Waals surface area contributed by atoms with E-state index in [1.165, 1.54) is 37.8 Å². The maximum absolute atomic E-state index is 3.63. The number of rotatable bonds is 5. The van der Waals surface area contributed by atoms with E-state index in [0.717, 1.165) is 24.3 Å². The smallest absolute Gasteiger partial charge is 0.00147 e. The van der Waals surface area contributed by atoms with Gasteiger partial charge in [0.05, 0.1) is 0 Å². The third kappa shape index (κ3) is 4.07. The lowest BCUT2D eigenvalue weighted by Gasteiger charge is -2.35. The summed E-state index contributed by atoms with van der Waals surface area (Å²) < 4.78 is 0. The normalized spacial score (nSPS) is 27.4. The summed E-state index contributed by atoms with van der Waals surface area (Å²) >= 11 is 0. The highest BCUT2D eigenvalue weighted by molar-refractivity contribution is 5.26. The summed E-state index contributed by atoms with van der Waals surface area (Å²) in [7, 11) is 0. The first kappa shape index (κ1) is 14.6. The molecular formula is C18H29N. The van der Waals surface area contributed by atoms with E-state index in [9.17, 15) is 0 Å². The fraction of sp³-hybridized carbons (Fsp3) is 0.667. The molecular weight excluding hydrogens is 230 g/mol. The maximum atomic E-state index is 3.63. The van der Waals surface area contributed by atoms with E-state index in [0.29, 0.717) is 0 Å². The Balaban J connectivity index is 2.07. The van der Waals surface area contributed by atoms with Crippen molar-refractivity contribution in [2.75, 3.05) is 13.1 Å². The van der Waals surface area contributed by atoms with Crippen molar-refractivity contribution in [1.29, 1.82) is 0 Å². The predicted molar refractivity (Wildman–Crippen MR) is 83.6 cm³/mol. The van der Waals surface area contributed by atoms with Gasteiger partial charge in [-0.05, 0) is 62.6 Å². The lowest BCUT2D eigenvalue weighted by atomic mass is 9.71. The molecule has 0 heterocycles. The van der Waals surface area contributed by atoms with Crippen molar-refractivity contribution < 1.29 is 0 Å². The molecule has 1 heteroatoms. The highest BCUT2D eigenvalue weighted by Crippen LogP contribution is 2.40. The molecule has 1 saturated carbocycles. The molecule has 106 valence electrons. The molecule has 0 saturated heterocycles. The summed E-state index contributed by atoms with van der Waals surface area (Å²) in [6, 6.07) is 9.17. The van der Waals surface area contributed by atoms with Gasteiger partial charge in [-0.2, -0.15) is 0 Å². The van der Waals surface area contributed by atoms with Gasteiger partial charge >= 0.3 is 0 Å². The number of benzene rings is 1. The minimum Gasteiger partial charge on any atom is -0.316 e. The molecule has 1 nitrogen and oxygen atoms in total. The lowest BCUT2D eigenvalue weighted by Crippen LogP contribution is -2.32. The summed E-state index contributed by atoms with van der Waals surface area (Å²) in [6.45, 7) is 9.22. The molecule has 2 rings (SSSR count). The monoisotopic (exact) mass is 259 g/mol. The van der Waals surface area contributed by atoms with Gasteiger partial charge < -0.3 is 5.32 Å². The minimum atomic E-state index is 0.757. The third-order valence-corrected chi connectivity index (χ3v) is 4.56. The molecule has 1 aliphatic rings. The van der Waals surface area contributed by atoms with Gasteiger partial charge in [0.2, 0.25) is 0 Å².